The zero-order chi connectivity index (χ0) is 19.1. The maximum absolute atomic E-state index is 13.7. The Morgan fingerprint density at radius 1 is 0.963 bits per heavy atom. The van der Waals surface area contributed by atoms with E-state index >= 15 is 0 Å². The van der Waals surface area contributed by atoms with Crippen molar-refractivity contribution in [2.45, 2.75) is 39.2 Å². The van der Waals surface area contributed by atoms with Gasteiger partial charge in [-0.15, -0.1) is 0 Å². The van der Waals surface area contributed by atoms with E-state index < -0.39 is 5.41 Å². The first-order chi connectivity index (χ1) is 12.9. The van der Waals surface area contributed by atoms with Crippen LogP contribution in [0.25, 0.3) is 0 Å². The smallest absolute Gasteiger partial charge is 0.241 e. The van der Waals surface area contributed by atoms with Crippen LogP contribution in [0.1, 0.15) is 43.7 Å². The first-order valence-electron chi connectivity index (χ1n) is 9.54. The molecule has 3 heteroatoms. The van der Waals surface area contributed by atoms with Gasteiger partial charge in [-0.25, -0.2) is 0 Å². The Morgan fingerprint density at radius 2 is 1.59 bits per heavy atom. The van der Waals surface area contributed by atoms with Crippen LogP contribution < -0.4 is 0 Å². The van der Waals surface area contributed by atoms with Gasteiger partial charge in [0.1, 0.15) is 11.2 Å². The number of nitrogens with zero attached hydrogens (tertiary/aromatic N) is 1. The van der Waals surface area contributed by atoms with Crippen LogP contribution >= 0.6 is 0 Å². The van der Waals surface area contributed by atoms with Gasteiger partial charge in [0.2, 0.25) is 5.91 Å². The van der Waals surface area contributed by atoms with Gasteiger partial charge in [0.15, 0.2) is 0 Å². The third-order valence-corrected chi connectivity index (χ3v) is 5.88. The summed E-state index contributed by atoms with van der Waals surface area (Å²) in [4.78, 5) is 28.7. The lowest BCUT2D eigenvalue weighted by atomic mass is 9.66. The number of benzene rings is 2. The number of rotatable bonds is 3. The predicted molar refractivity (Wildman–Crippen MR) is 106 cm³/mol. The van der Waals surface area contributed by atoms with Crippen LogP contribution in [0, 0.1) is 10.8 Å². The van der Waals surface area contributed by atoms with Crippen molar-refractivity contribution < 1.29 is 9.59 Å². The third-order valence-electron chi connectivity index (χ3n) is 5.88. The van der Waals surface area contributed by atoms with Crippen molar-refractivity contribution in [3.8, 4) is 0 Å². The second-order valence-corrected chi connectivity index (χ2v) is 8.56. The van der Waals surface area contributed by atoms with E-state index in [1.165, 1.54) is 0 Å². The minimum atomic E-state index is -0.992. The van der Waals surface area contributed by atoms with Crippen LogP contribution in [0.5, 0.6) is 0 Å². The highest BCUT2D eigenvalue weighted by atomic mass is 16.2. The lowest BCUT2D eigenvalue weighted by molar-refractivity contribution is -0.148. The molecule has 138 valence electrons. The van der Waals surface area contributed by atoms with Gasteiger partial charge in [-0.3, -0.25) is 9.59 Å². The van der Waals surface area contributed by atoms with Gasteiger partial charge in [-0.2, -0.15) is 0 Å². The van der Waals surface area contributed by atoms with Crippen LogP contribution in [-0.4, -0.2) is 16.6 Å². The number of Topliss-reactive ketones (excluding diaryl/α,β-unsaturated/α-hetero) is 1. The van der Waals surface area contributed by atoms with Gasteiger partial charge in [0.25, 0.3) is 0 Å². The topological polar surface area (TPSA) is 37.4 Å². The molecule has 3 nitrogen and oxygen atoms in total. The Hall–Kier alpha value is -2.68. The summed E-state index contributed by atoms with van der Waals surface area (Å²) in [7, 11) is 0. The first kappa shape index (κ1) is 17.7. The molecule has 4 rings (SSSR count). The van der Waals surface area contributed by atoms with Crippen LogP contribution in [0.3, 0.4) is 0 Å². The van der Waals surface area contributed by atoms with Crippen LogP contribution in [0.2, 0.25) is 0 Å². The SMILES string of the molecule is CC1(C)CC(=O)[C@]2(C1)C(=O)N(Cc1ccccc1)C=C[C@@H]2c1ccccc1. The van der Waals surface area contributed by atoms with E-state index in [0.29, 0.717) is 19.4 Å². The standard InChI is InChI=1S/C24H25NO2/c1-23(2)15-21(26)24(17-23)20(19-11-7-4-8-12-19)13-14-25(22(24)27)16-18-9-5-3-6-10-18/h3-14,20H,15-17H2,1-2H3/t20-,24-/m1/s1. The Morgan fingerprint density at radius 3 is 2.19 bits per heavy atom. The average molecular weight is 359 g/mol. The summed E-state index contributed by atoms with van der Waals surface area (Å²) < 4.78 is 0. The molecule has 0 radical (unpaired) electrons. The van der Waals surface area contributed by atoms with E-state index in [-0.39, 0.29) is 23.0 Å². The molecule has 1 aliphatic heterocycles. The summed E-state index contributed by atoms with van der Waals surface area (Å²) in [5, 5.41) is 0. The van der Waals surface area contributed by atoms with Gasteiger partial charge in [0, 0.05) is 18.5 Å². The third kappa shape index (κ3) is 3.01. The average Bonchev–Trinajstić information content (AvgIpc) is 2.90. The van der Waals surface area contributed by atoms with E-state index in [4.69, 9.17) is 0 Å². The van der Waals surface area contributed by atoms with Crippen molar-refractivity contribution in [3.05, 3.63) is 84.1 Å². The number of amides is 1. The number of carbonyl (C=O) groups excluding carboxylic acids is 2. The number of hydrogen-bond donors (Lipinski definition) is 0. The molecule has 1 heterocycles. The van der Waals surface area contributed by atoms with E-state index in [9.17, 15) is 9.59 Å². The maximum Gasteiger partial charge on any atom is 0.241 e. The second-order valence-electron chi connectivity index (χ2n) is 8.56. The van der Waals surface area contributed by atoms with Crippen LogP contribution in [0.4, 0.5) is 0 Å². The molecule has 27 heavy (non-hydrogen) atoms. The Balaban J connectivity index is 1.78. The number of allylic oxidation sites excluding steroid dienone is 1. The molecule has 2 atom stereocenters. The number of ketones is 1. The fraction of sp³-hybridized carbons (Fsp3) is 0.333. The summed E-state index contributed by atoms with van der Waals surface area (Å²) in [6.07, 6.45) is 4.97. The molecule has 2 aromatic rings. The zero-order valence-corrected chi connectivity index (χ0v) is 15.9. The van der Waals surface area contributed by atoms with Crippen molar-refractivity contribution in [1.82, 2.24) is 4.90 Å². The minimum absolute atomic E-state index is 0.0571. The molecule has 1 aliphatic carbocycles. The van der Waals surface area contributed by atoms with E-state index in [0.717, 1.165) is 11.1 Å². The van der Waals surface area contributed by atoms with Gasteiger partial charge in [0.05, 0.1) is 6.54 Å². The van der Waals surface area contributed by atoms with Crippen LogP contribution in [-0.2, 0) is 16.1 Å². The molecule has 0 aromatic heterocycles. The molecule has 1 spiro atoms. The molecule has 1 amide bonds. The minimum Gasteiger partial charge on any atom is -0.314 e. The highest BCUT2D eigenvalue weighted by Crippen LogP contribution is 2.56. The normalized spacial score (nSPS) is 26.7. The summed E-state index contributed by atoms with van der Waals surface area (Å²) in [6.45, 7) is 4.68. The monoisotopic (exact) mass is 359 g/mol. The van der Waals surface area contributed by atoms with Gasteiger partial charge < -0.3 is 4.90 Å². The van der Waals surface area contributed by atoms with Gasteiger partial charge in [-0.1, -0.05) is 80.6 Å². The molecular weight excluding hydrogens is 334 g/mol. The fourth-order valence-electron chi connectivity index (χ4n) is 4.76. The molecule has 0 unspecified atom stereocenters. The van der Waals surface area contributed by atoms with Gasteiger partial charge >= 0.3 is 0 Å². The molecule has 1 fully saturated rings. The van der Waals surface area contributed by atoms with Gasteiger partial charge in [-0.05, 0) is 23.0 Å². The van der Waals surface area contributed by atoms with Crippen molar-refractivity contribution >= 4 is 11.7 Å². The Labute approximate surface area is 160 Å². The molecule has 2 aliphatic rings. The summed E-state index contributed by atoms with van der Waals surface area (Å²) >= 11 is 0. The second kappa shape index (κ2) is 6.49. The van der Waals surface area contributed by atoms with E-state index in [1.807, 2.05) is 66.9 Å². The number of carbonyl (C=O) groups is 2. The highest BCUT2D eigenvalue weighted by molar-refractivity contribution is 6.10. The lowest BCUT2D eigenvalue weighted by Gasteiger charge is -2.41. The highest BCUT2D eigenvalue weighted by Gasteiger charge is 2.61. The quantitative estimate of drug-likeness (QED) is 0.745. The molecule has 1 saturated carbocycles. The van der Waals surface area contributed by atoms with E-state index in [2.05, 4.69) is 19.9 Å². The van der Waals surface area contributed by atoms with Crippen LogP contribution in [0.15, 0.2) is 72.9 Å². The maximum atomic E-state index is 13.7. The summed E-state index contributed by atoms with van der Waals surface area (Å²) in [6, 6.07) is 19.9. The van der Waals surface area contributed by atoms with E-state index in [1.54, 1.807) is 4.90 Å². The lowest BCUT2D eigenvalue weighted by Crippen LogP contribution is -2.50. The van der Waals surface area contributed by atoms with Crippen molar-refractivity contribution in [2.75, 3.05) is 0 Å². The largest absolute Gasteiger partial charge is 0.314 e. The fourth-order valence-corrected chi connectivity index (χ4v) is 4.76. The first-order valence-corrected chi connectivity index (χ1v) is 9.54. The summed E-state index contributed by atoms with van der Waals surface area (Å²) in [5.41, 5.74) is 0.943. The summed E-state index contributed by atoms with van der Waals surface area (Å²) in [5.74, 6) is -0.181. The van der Waals surface area contributed by atoms with Crippen molar-refractivity contribution in [3.63, 3.8) is 0 Å². The molecule has 0 N–H and O–H groups in total. The molecule has 0 bridgehead atoms. The predicted octanol–water partition coefficient (Wildman–Crippen LogP) is 4.70. The molecular formula is C24H25NO2. The molecule has 2 aromatic carbocycles. The van der Waals surface area contributed by atoms with Crippen molar-refractivity contribution in [1.29, 1.82) is 0 Å². The number of hydrogen-bond acceptors (Lipinski definition) is 2. The zero-order valence-electron chi connectivity index (χ0n) is 15.9. The Kier molecular flexibility index (Phi) is 4.26. The van der Waals surface area contributed by atoms with Crippen molar-refractivity contribution in [2.24, 2.45) is 10.8 Å². The molecule has 0 saturated heterocycles. The Bertz CT molecular complexity index is 885.